The number of rotatable bonds is 2. The molecule has 0 radical (unpaired) electrons. The molecule has 0 fully saturated rings. The first kappa shape index (κ1) is 22.6. The van der Waals surface area contributed by atoms with Crippen molar-refractivity contribution < 1.29 is 0 Å². The zero-order valence-electron chi connectivity index (χ0n) is 22.8. The van der Waals surface area contributed by atoms with E-state index >= 15 is 0 Å². The second-order valence-corrected chi connectivity index (χ2v) is 11.5. The lowest BCUT2D eigenvalue weighted by Crippen LogP contribution is -2.26. The number of nitrogens with zero attached hydrogens (tertiary/aromatic N) is 4. The van der Waals surface area contributed by atoms with Crippen LogP contribution in [0.25, 0.3) is 66.4 Å². The van der Waals surface area contributed by atoms with Crippen LogP contribution in [0, 0.1) is 0 Å². The highest BCUT2D eigenvalue weighted by molar-refractivity contribution is 6.10. The summed E-state index contributed by atoms with van der Waals surface area (Å²) in [6.45, 7) is 4.69. The van der Waals surface area contributed by atoms with Gasteiger partial charge in [-0.2, -0.15) is 0 Å². The molecule has 0 N–H and O–H groups in total. The molecule has 0 saturated carbocycles. The lowest BCUT2D eigenvalue weighted by atomic mass is 9.74. The smallest absolute Gasteiger partial charge is 0.0963 e. The lowest BCUT2D eigenvalue weighted by molar-refractivity contribution is 0.630. The van der Waals surface area contributed by atoms with Gasteiger partial charge < -0.3 is 9.13 Å². The quantitative estimate of drug-likeness (QED) is 0.225. The molecule has 194 valence electrons. The molecule has 0 saturated heterocycles. The molecule has 0 atom stereocenters. The molecular formula is C37H26N4. The number of fused-ring (bicyclic) bond motifs is 8. The fourth-order valence-electron chi connectivity index (χ4n) is 7.06. The molecule has 41 heavy (non-hydrogen) atoms. The summed E-state index contributed by atoms with van der Waals surface area (Å²) in [4.78, 5) is 9.60. The van der Waals surface area contributed by atoms with E-state index in [0.717, 1.165) is 38.7 Å². The molecular weight excluding hydrogens is 500 g/mol. The van der Waals surface area contributed by atoms with Crippen molar-refractivity contribution in [2.24, 2.45) is 0 Å². The Kier molecular flexibility index (Phi) is 4.36. The minimum Gasteiger partial charge on any atom is -0.308 e. The fourth-order valence-corrected chi connectivity index (χ4v) is 7.06. The zero-order valence-corrected chi connectivity index (χ0v) is 22.8. The Morgan fingerprint density at radius 2 is 1.24 bits per heavy atom. The molecule has 1 aliphatic rings. The van der Waals surface area contributed by atoms with Crippen LogP contribution in [0.3, 0.4) is 0 Å². The van der Waals surface area contributed by atoms with Crippen LogP contribution in [0.4, 0.5) is 0 Å². The number of hydrogen-bond acceptors (Lipinski definition) is 2. The third-order valence-corrected chi connectivity index (χ3v) is 8.99. The molecule has 0 amide bonds. The highest BCUT2D eigenvalue weighted by Crippen LogP contribution is 2.48. The maximum atomic E-state index is 4.82. The standard InChI is InChI=1S/C37H26N4/c1-37(2)28-12-6-11-26-34-33(14-8-19-38-34)41(36(26)28)31-18-16-24(22-29(31)37)23-15-17-30-27(21-23)35-32(13-7-20-39-35)40(30)25-9-4-3-5-10-25/h3-22H,1-2H3. The van der Waals surface area contributed by atoms with Gasteiger partial charge in [-0.3, -0.25) is 9.97 Å². The van der Waals surface area contributed by atoms with Crippen LogP contribution < -0.4 is 0 Å². The van der Waals surface area contributed by atoms with E-state index in [9.17, 15) is 0 Å². The van der Waals surface area contributed by atoms with Crippen LogP contribution in [0.1, 0.15) is 25.0 Å². The van der Waals surface area contributed by atoms with Crippen LogP contribution >= 0.6 is 0 Å². The molecule has 0 aliphatic carbocycles. The number of hydrogen-bond donors (Lipinski definition) is 0. The summed E-state index contributed by atoms with van der Waals surface area (Å²) in [5.41, 5.74) is 14.1. The predicted molar refractivity (Wildman–Crippen MR) is 168 cm³/mol. The van der Waals surface area contributed by atoms with Gasteiger partial charge >= 0.3 is 0 Å². The van der Waals surface area contributed by atoms with Gasteiger partial charge in [-0.25, -0.2) is 0 Å². The van der Waals surface area contributed by atoms with Crippen LogP contribution in [-0.2, 0) is 5.41 Å². The molecule has 1 aliphatic heterocycles. The van der Waals surface area contributed by atoms with Gasteiger partial charge in [-0.05, 0) is 82.9 Å². The molecule has 8 aromatic rings. The fraction of sp³-hybridized carbons (Fsp3) is 0.0811. The summed E-state index contributed by atoms with van der Waals surface area (Å²) < 4.78 is 4.72. The number of aromatic nitrogens is 4. The first-order valence-electron chi connectivity index (χ1n) is 14.1. The first-order valence-corrected chi connectivity index (χ1v) is 14.1. The molecule has 4 aromatic carbocycles. The highest BCUT2D eigenvalue weighted by atomic mass is 15.0. The summed E-state index contributed by atoms with van der Waals surface area (Å²) in [5, 5.41) is 2.38. The Bertz CT molecular complexity index is 2340. The number of pyridine rings is 2. The van der Waals surface area contributed by atoms with E-state index < -0.39 is 0 Å². The van der Waals surface area contributed by atoms with Crippen LogP contribution in [0.5, 0.6) is 0 Å². The van der Waals surface area contributed by atoms with Gasteiger partial charge in [0.25, 0.3) is 0 Å². The summed E-state index contributed by atoms with van der Waals surface area (Å²) in [5.74, 6) is 0. The second kappa shape index (κ2) is 7.92. The van der Waals surface area contributed by atoms with Gasteiger partial charge in [-0.15, -0.1) is 0 Å². The Hall–Kier alpha value is -5.22. The Labute approximate surface area is 237 Å². The van der Waals surface area contributed by atoms with Crippen molar-refractivity contribution in [2.45, 2.75) is 19.3 Å². The Morgan fingerprint density at radius 3 is 2.05 bits per heavy atom. The van der Waals surface area contributed by atoms with Gasteiger partial charge in [0.15, 0.2) is 0 Å². The number of para-hydroxylation sites is 2. The van der Waals surface area contributed by atoms with E-state index in [-0.39, 0.29) is 5.41 Å². The minimum absolute atomic E-state index is 0.162. The van der Waals surface area contributed by atoms with E-state index in [1.54, 1.807) is 0 Å². The topological polar surface area (TPSA) is 35.6 Å². The molecule has 5 heterocycles. The molecule has 4 nitrogen and oxygen atoms in total. The summed E-state index contributed by atoms with van der Waals surface area (Å²) in [7, 11) is 0. The van der Waals surface area contributed by atoms with Gasteiger partial charge in [0.1, 0.15) is 0 Å². The lowest BCUT2D eigenvalue weighted by Gasteiger charge is -2.35. The summed E-state index contributed by atoms with van der Waals surface area (Å²) in [6, 6.07) is 39.3. The van der Waals surface area contributed by atoms with E-state index in [2.05, 4.69) is 120 Å². The molecule has 9 rings (SSSR count). The zero-order chi connectivity index (χ0) is 27.3. The van der Waals surface area contributed by atoms with Crippen molar-refractivity contribution in [1.29, 1.82) is 0 Å². The van der Waals surface area contributed by atoms with E-state index in [0.29, 0.717) is 0 Å². The maximum absolute atomic E-state index is 4.82. The van der Waals surface area contributed by atoms with Gasteiger partial charge in [0, 0.05) is 34.3 Å². The normalized spacial score (nSPS) is 13.8. The third kappa shape index (κ3) is 2.94. The summed E-state index contributed by atoms with van der Waals surface area (Å²) in [6.07, 6.45) is 3.78. The van der Waals surface area contributed by atoms with E-state index in [1.165, 1.54) is 38.8 Å². The predicted octanol–water partition coefficient (Wildman–Crippen LogP) is 8.98. The van der Waals surface area contributed by atoms with E-state index in [1.807, 2.05) is 24.5 Å². The molecule has 0 unspecified atom stereocenters. The Balaban J connectivity index is 1.29. The highest BCUT2D eigenvalue weighted by Gasteiger charge is 2.35. The van der Waals surface area contributed by atoms with Crippen LogP contribution in [0.2, 0.25) is 0 Å². The van der Waals surface area contributed by atoms with Crippen molar-refractivity contribution >= 4 is 43.9 Å². The average molecular weight is 527 g/mol. The molecule has 4 heteroatoms. The summed E-state index contributed by atoms with van der Waals surface area (Å²) >= 11 is 0. The van der Waals surface area contributed by atoms with E-state index in [4.69, 9.17) is 9.97 Å². The average Bonchev–Trinajstić information content (AvgIpc) is 3.53. The van der Waals surface area contributed by atoms with Crippen molar-refractivity contribution in [3.8, 4) is 22.5 Å². The molecule has 4 aromatic heterocycles. The SMILES string of the molecule is CC1(C)c2cc(-c3ccc4c(c3)c3ncccc3n4-c3ccccc3)ccc2-n2c3cccnc3c3cccc1c32. The maximum Gasteiger partial charge on any atom is 0.0963 e. The molecule has 0 spiro atoms. The van der Waals surface area contributed by atoms with Crippen molar-refractivity contribution in [3.63, 3.8) is 0 Å². The minimum atomic E-state index is -0.162. The van der Waals surface area contributed by atoms with Crippen LogP contribution in [-0.4, -0.2) is 19.1 Å². The van der Waals surface area contributed by atoms with Crippen LogP contribution in [0.15, 0.2) is 122 Å². The second-order valence-electron chi connectivity index (χ2n) is 11.5. The van der Waals surface area contributed by atoms with Gasteiger partial charge in [-0.1, -0.05) is 62.4 Å². The number of benzene rings is 4. The Morgan fingerprint density at radius 1 is 0.537 bits per heavy atom. The van der Waals surface area contributed by atoms with Gasteiger partial charge in [0.2, 0.25) is 0 Å². The third-order valence-electron chi connectivity index (χ3n) is 8.99. The monoisotopic (exact) mass is 526 g/mol. The largest absolute Gasteiger partial charge is 0.308 e. The van der Waals surface area contributed by atoms with Crippen molar-refractivity contribution in [2.75, 3.05) is 0 Å². The van der Waals surface area contributed by atoms with Gasteiger partial charge in [0.05, 0.1) is 38.8 Å². The molecule has 0 bridgehead atoms. The van der Waals surface area contributed by atoms with Crippen molar-refractivity contribution in [3.05, 3.63) is 133 Å². The van der Waals surface area contributed by atoms with Crippen molar-refractivity contribution in [1.82, 2.24) is 19.1 Å². The first-order chi connectivity index (χ1) is 20.1.